The molecule has 6 nitrogen and oxygen atoms in total. The zero-order valence-corrected chi connectivity index (χ0v) is 11.9. The molecule has 6 heteroatoms. The molecule has 0 bridgehead atoms. The van der Waals surface area contributed by atoms with Crippen LogP contribution in [0.5, 0.6) is 5.88 Å². The van der Waals surface area contributed by atoms with E-state index in [1.807, 2.05) is 31.9 Å². The number of rotatable bonds is 6. The number of amides is 1. The molecule has 19 heavy (non-hydrogen) atoms. The summed E-state index contributed by atoms with van der Waals surface area (Å²) >= 11 is 0. The minimum Gasteiger partial charge on any atom is -0.476 e. The number of nitrogens with one attached hydrogen (secondary N) is 1. The molecule has 1 aromatic heterocycles. The highest BCUT2D eigenvalue weighted by Gasteiger charge is 2.15. The van der Waals surface area contributed by atoms with Crippen LogP contribution in [0.2, 0.25) is 0 Å². The molecule has 1 rings (SSSR count). The minimum absolute atomic E-state index is 0.00678. The quantitative estimate of drug-likeness (QED) is 0.799. The predicted octanol–water partition coefficient (Wildman–Crippen LogP) is 0.881. The molecule has 0 spiro atoms. The molecule has 1 aromatic rings. The highest BCUT2D eigenvalue weighted by molar-refractivity contribution is 5.78. The molecule has 0 aliphatic rings. The van der Waals surface area contributed by atoms with E-state index in [0.29, 0.717) is 24.7 Å². The summed E-state index contributed by atoms with van der Waals surface area (Å²) in [7, 11) is 3.52. The lowest BCUT2D eigenvalue weighted by Crippen LogP contribution is -2.34. The molecule has 0 aromatic carbocycles. The Morgan fingerprint density at radius 3 is 2.84 bits per heavy atom. The highest BCUT2D eigenvalue weighted by atomic mass is 16.5. The van der Waals surface area contributed by atoms with E-state index in [1.165, 1.54) is 0 Å². The van der Waals surface area contributed by atoms with Gasteiger partial charge in [0.15, 0.2) is 0 Å². The predicted molar refractivity (Wildman–Crippen MR) is 76.3 cm³/mol. The van der Waals surface area contributed by atoms with Gasteiger partial charge in [-0.15, -0.1) is 0 Å². The average Bonchev–Trinajstić information content (AvgIpc) is 2.40. The Labute approximate surface area is 113 Å². The van der Waals surface area contributed by atoms with Crippen molar-refractivity contribution >= 4 is 17.4 Å². The Bertz CT molecular complexity index is 437. The van der Waals surface area contributed by atoms with Gasteiger partial charge in [0, 0.05) is 20.6 Å². The van der Waals surface area contributed by atoms with E-state index in [2.05, 4.69) is 10.3 Å². The lowest BCUT2D eigenvalue weighted by Gasteiger charge is -2.22. The van der Waals surface area contributed by atoms with Crippen molar-refractivity contribution in [2.24, 2.45) is 5.92 Å². The summed E-state index contributed by atoms with van der Waals surface area (Å²) in [4.78, 5) is 17.8. The van der Waals surface area contributed by atoms with Crippen molar-refractivity contribution in [1.82, 2.24) is 10.3 Å². The Balaban J connectivity index is 2.79. The van der Waals surface area contributed by atoms with E-state index < -0.39 is 0 Å². The number of hydrogen-bond acceptors (Lipinski definition) is 5. The van der Waals surface area contributed by atoms with Crippen molar-refractivity contribution in [2.75, 3.05) is 37.9 Å². The SMILES string of the molecule is CCOc1nc(N(C)CC(C)C(=O)NC)ccc1N. The normalized spacial score (nSPS) is 11.8. The molecule has 1 amide bonds. The summed E-state index contributed by atoms with van der Waals surface area (Å²) in [5.74, 6) is 1.05. The number of hydrogen-bond donors (Lipinski definition) is 2. The summed E-state index contributed by atoms with van der Waals surface area (Å²) in [6.45, 7) is 4.84. The van der Waals surface area contributed by atoms with E-state index in [1.54, 1.807) is 13.1 Å². The summed E-state index contributed by atoms with van der Waals surface area (Å²) < 4.78 is 5.36. The second-order valence-corrected chi connectivity index (χ2v) is 4.39. The van der Waals surface area contributed by atoms with Gasteiger partial charge in [-0.1, -0.05) is 6.92 Å². The number of carbonyl (C=O) groups is 1. The molecule has 0 radical (unpaired) electrons. The maximum atomic E-state index is 11.5. The first-order valence-electron chi connectivity index (χ1n) is 6.31. The van der Waals surface area contributed by atoms with E-state index >= 15 is 0 Å². The Kier molecular flexibility index (Phi) is 5.41. The largest absolute Gasteiger partial charge is 0.476 e. The van der Waals surface area contributed by atoms with Crippen LogP contribution in [-0.2, 0) is 4.79 Å². The van der Waals surface area contributed by atoms with Crippen molar-refractivity contribution in [3.8, 4) is 5.88 Å². The zero-order valence-electron chi connectivity index (χ0n) is 11.9. The minimum atomic E-state index is -0.120. The summed E-state index contributed by atoms with van der Waals surface area (Å²) in [6.07, 6.45) is 0. The van der Waals surface area contributed by atoms with E-state index in [-0.39, 0.29) is 11.8 Å². The van der Waals surface area contributed by atoms with Gasteiger partial charge in [0.2, 0.25) is 11.8 Å². The third-order valence-electron chi connectivity index (χ3n) is 2.79. The molecule has 106 valence electrons. The topological polar surface area (TPSA) is 80.5 Å². The maximum Gasteiger partial charge on any atom is 0.239 e. The summed E-state index contributed by atoms with van der Waals surface area (Å²) in [5.41, 5.74) is 6.29. The van der Waals surface area contributed by atoms with Crippen LogP contribution in [0.3, 0.4) is 0 Å². The molecular formula is C13H22N4O2. The lowest BCUT2D eigenvalue weighted by atomic mass is 10.1. The zero-order chi connectivity index (χ0) is 14.4. The van der Waals surface area contributed by atoms with Gasteiger partial charge in [0.1, 0.15) is 5.82 Å². The van der Waals surface area contributed by atoms with Crippen molar-refractivity contribution in [3.63, 3.8) is 0 Å². The van der Waals surface area contributed by atoms with Crippen LogP contribution in [0.4, 0.5) is 11.5 Å². The molecule has 0 fully saturated rings. The van der Waals surface area contributed by atoms with Gasteiger partial charge in [-0.2, -0.15) is 4.98 Å². The molecular weight excluding hydrogens is 244 g/mol. The molecule has 0 saturated heterocycles. The molecule has 3 N–H and O–H groups in total. The highest BCUT2D eigenvalue weighted by Crippen LogP contribution is 2.22. The fourth-order valence-corrected chi connectivity index (χ4v) is 1.74. The van der Waals surface area contributed by atoms with Crippen LogP contribution < -0.4 is 20.7 Å². The summed E-state index contributed by atoms with van der Waals surface area (Å²) in [6, 6.07) is 3.57. The molecule has 1 heterocycles. The van der Waals surface area contributed by atoms with Crippen LogP contribution in [0.25, 0.3) is 0 Å². The maximum absolute atomic E-state index is 11.5. The van der Waals surface area contributed by atoms with Gasteiger partial charge in [0.05, 0.1) is 18.2 Å². The number of carbonyl (C=O) groups excluding carboxylic acids is 1. The molecule has 0 aliphatic carbocycles. The number of ether oxygens (including phenoxy) is 1. The van der Waals surface area contributed by atoms with E-state index in [0.717, 1.165) is 5.82 Å². The molecule has 0 saturated carbocycles. The van der Waals surface area contributed by atoms with Crippen LogP contribution in [0, 0.1) is 5.92 Å². The Hall–Kier alpha value is -1.98. The van der Waals surface area contributed by atoms with E-state index in [4.69, 9.17) is 10.5 Å². The monoisotopic (exact) mass is 266 g/mol. The fourth-order valence-electron chi connectivity index (χ4n) is 1.74. The Morgan fingerprint density at radius 1 is 1.58 bits per heavy atom. The number of nitrogen functional groups attached to an aromatic ring is 1. The van der Waals surface area contributed by atoms with Gasteiger partial charge >= 0.3 is 0 Å². The van der Waals surface area contributed by atoms with Crippen LogP contribution in [0.15, 0.2) is 12.1 Å². The van der Waals surface area contributed by atoms with Crippen LogP contribution in [-0.4, -0.2) is 38.1 Å². The second-order valence-electron chi connectivity index (χ2n) is 4.39. The first-order valence-corrected chi connectivity index (χ1v) is 6.31. The molecule has 0 aliphatic heterocycles. The van der Waals surface area contributed by atoms with Crippen LogP contribution >= 0.6 is 0 Å². The number of nitrogens with two attached hydrogens (primary N) is 1. The van der Waals surface area contributed by atoms with E-state index in [9.17, 15) is 4.79 Å². The number of pyridine rings is 1. The fraction of sp³-hybridized carbons (Fsp3) is 0.538. The standard InChI is InChI=1S/C13H22N4O2/c1-5-19-13-10(14)6-7-11(16-13)17(4)8-9(2)12(18)15-3/h6-7,9H,5,8,14H2,1-4H3,(H,15,18). The number of aromatic nitrogens is 1. The number of nitrogens with zero attached hydrogens (tertiary/aromatic N) is 2. The molecule has 1 atom stereocenters. The first kappa shape index (κ1) is 15.1. The molecule has 1 unspecified atom stereocenters. The third-order valence-corrected chi connectivity index (χ3v) is 2.79. The average molecular weight is 266 g/mol. The van der Waals surface area contributed by atoms with Crippen molar-refractivity contribution in [2.45, 2.75) is 13.8 Å². The second kappa shape index (κ2) is 6.82. The smallest absolute Gasteiger partial charge is 0.239 e. The van der Waals surface area contributed by atoms with Crippen molar-refractivity contribution < 1.29 is 9.53 Å². The van der Waals surface area contributed by atoms with Gasteiger partial charge in [-0.3, -0.25) is 4.79 Å². The lowest BCUT2D eigenvalue weighted by molar-refractivity contribution is -0.123. The van der Waals surface area contributed by atoms with Crippen LogP contribution in [0.1, 0.15) is 13.8 Å². The van der Waals surface area contributed by atoms with Crippen molar-refractivity contribution in [3.05, 3.63) is 12.1 Å². The van der Waals surface area contributed by atoms with Gasteiger partial charge in [0.25, 0.3) is 0 Å². The summed E-state index contributed by atoms with van der Waals surface area (Å²) in [5, 5.41) is 2.63. The van der Waals surface area contributed by atoms with Gasteiger partial charge in [-0.25, -0.2) is 0 Å². The first-order chi connectivity index (χ1) is 8.99. The Morgan fingerprint density at radius 2 is 2.26 bits per heavy atom. The van der Waals surface area contributed by atoms with Crippen molar-refractivity contribution in [1.29, 1.82) is 0 Å². The van der Waals surface area contributed by atoms with Gasteiger partial charge < -0.3 is 20.7 Å². The number of anilines is 2. The third kappa shape index (κ3) is 4.01. The van der Waals surface area contributed by atoms with Gasteiger partial charge in [-0.05, 0) is 19.1 Å².